The zero-order chi connectivity index (χ0) is 16.2. The van der Waals surface area contributed by atoms with Crippen LogP contribution in [-0.4, -0.2) is 34.7 Å². The lowest BCUT2D eigenvalue weighted by atomic mass is 9.82. The maximum Gasteiger partial charge on any atom is 0.171 e. The second-order valence-corrected chi connectivity index (χ2v) is 7.21. The molecule has 0 saturated carbocycles. The molecule has 23 heavy (non-hydrogen) atoms. The van der Waals surface area contributed by atoms with Crippen LogP contribution in [0.3, 0.4) is 0 Å². The summed E-state index contributed by atoms with van der Waals surface area (Å²) in [5.74, 6) is 0. The van der Waals surface area contributed by atoms with E-state index in [0.717, 1.165) is 17.3 Å². The van der Waals surface area contributed by atoms with E-state index in [2.05, 4.69) is 41.2 Å². The summed E-state index contributed by atoms with van der Waals surface area (Å²) in [5, 5.41) is 7.65. The van der Waals surface area contributed by atoms with E-state index in [0.29, 0.717) is 18.1 Å². The average molecular weight is 330 g/mol. The number of thiocarbonyl (C=S) groups is 1. The zero-order valence-corrected chi connectivity index (χ0v) is 14.7. The minimum Gasteiger partial charge on any atom is -0.360 e. The van der Waals surface area contributed by atoms with Crippen molar-refractivity contribution in [3.63, 3.8) is 0 Å². The molecule has 0 aromatic heterocycles. The number of nitrogens with one attached hydrogen (secondary N) is 2. The van der Waals surface area contributed by atoms with Gasteiger partial charge in [-0.05, 0) is 56.5 Å². The van der Waals surface area contributed by atoms with Crippen molar-refractivity contribution in [3.05, 3.63) is 42.5 Å². The van der Waals surface area contributed by atoms with Crippen molar-refractivity contribution in [1.82, 2.24) is 10.2 Å². The Balaban J connectivity index is 1.58. The first-order chi connectivity index (χ1) is 11.2. The van der Waals surface area contributed by atoms with Crippen molar-refractivity contribution in [2.45, 2.75) is 57.2 Å². The largest absolute Gasteiger partial charge is 0.360 e. The fraction of sp³-hybridized carbons (Fsp3) is 0.526. The number of piperidine rings is 2. The van der Waals surface area contributed by atoms with E-state index in [1.54, 1.807) is 0 Å². The van der Waals surface area contributed by atoms with Crippen molar-refractivity contribution in [1.29, 1.82) is 0 Å². The first-order valence-electron chi connectivity index (χ1n) is 8.67. The molecule has 1 aromatic rings. The molecule has 2 N–H and O–H groups in total. The summed E-state index contributed by atoms with van der Waals surface area (Å²) in [5.41, 5.74) is 2.31. The lowest BCUT2D eigenvalue weighted by molar-refractivity contribution is 0.0389. The molecule has 2 atom stereocenters. The highest BCUT2D eigenvalue weighted by molar-refractivity contribution is 7.80. The van der Waals surface area contributed by atoms with Gasteiger partial charge in [0.15, 0.2) is 5.11 Å². The SMILES string of the molecule is C=CCN1[C@@H]2CCC[C@@H]1CC(NC(=S)Nc1ccccc1C)C2. The molecule has 3 rings (SSSR count). The molecule has 2 aliphatic heterocycles. The molecule has 3 nitrogen and oxygen atoms in total. The number of fused-ring (bicyclic) bond motifs is 2. The molecule has 0 unspecified atom stereocenters. The molecular formula is C19H27N3S. The number of aryl methyl sites for hydroxylation is 1. The standard InChI is InChI=1S/C19H27N3S/c1-3-11-22-16-8-6-9-17(22)13-15(12-16)20-19(23)21-18-10-5-4-7-14(18)2/h3-5,7,10,15-17H,1,6,8-9,11-13H2,2H3,(H2,20,21,23)/t16-,17-/m1/s1. The molecule has 2 aliphatic rings. The normalized spacial score (nSPS) is 27.3. The fourth-order valence-electron chi connectivity index (χ4n) is 4.10. The Morgan fingerprint density at radius 1 is 1.30 bits per heavy atom. The molecule has 2 fully saturated rings. The first-order valence-corrected chi connectivity index (χ1v) is 9.08. The van der Waals surface area contributed by atoms with Crippen molar-refractivity contribution in [2.24, 2.45) is 0 Å². The molecule has 2 saturated heterocycles. The van der Waals surface area contributed by atoms with Gasteiger partial charge < -0.3 is 10.6 Å². The summed E-state index contributed by atoms with van der Waals surface area (Å²) in [4.78, 5) is 2.65. The maximum atomic E-state index is 5.54. The molecular weight excluding hydrogens is 302 g/mol. The molecule has 0 aliphatic carbocycles. The molecule has 0 radical (unpaired) electrons. The van der Waals surface area contributed by atoms with Crippen LogP contribution in [0.2, 0.25) is 0 Å². The third-order valence-electron chi connectivity index (χ3n) is 5.19. The van der Waals surface area contributed by atoms with E-state index >= 15 is 0 Å². The van der Waals surface area contributed by atoms with Gasteiger partial charge in [-0.1, -0.05) is 30.7 Å². The Labute approximate surface area is 145 Å². The summed E-state index contributed by atoms with van der Waals surface area (Å²) in [6, 6.07) is 10.1. The number of nitrogens with zero attached hydrogens (tertiary/aromatic N) is 1. The smallest absolute Gasteiger partial charge is 0.171 e. The highest BCUT2D eigenvalue weighted by Gasteiger charge is 2.37. The van der Waals surface area contributed by atoms with E-state index in [-0.39, 0.29) is 0 Å². The summed E-state index contributed by atoms with van der Waals surface area (Å²) in [7, 11) is 0. The highest BCUT2D eigenvalue weighted by atomic mass is 32.1. The first kappa shape index (κ1) is 16.5. The van der Waals surface area contributed by atoms with Gasteiger partial charge in [-0.25, -0.2) is 0 Å². The molecule has 1 aromatic carbocycles. The van der Waals surface area contributed by atoms with Crippen LogP contribution in [0.5, 0.6) is 0 Å². The van der Waals surface area contributed by atoms with E-state index in [4.69, 9.17) is 12.2 Å². The van der Waals surface area contributed by atoms with Gasteiger partial charge in [0.1, 0.15) is 0 Å². The third kappa shape index (κ3) is 3.93. The van der Waals surface area contributed by atoms with Crippen LogP contribution in [0, 0.1) is 6.92 Å². The molecule has 0 spiro atoms. The van der Waals surface area contributed by atoms with Crippen LogP contribution >= 0.6 is 12.2 Å². The Morgan fingerprint density at radius 2 is 2.00 bits per heavy atom. The van der Waals surface area contributed by atoms with Gasteiger partial charge in [0.2, 0.25) is 0 Å². The van der Waals surface area contributed by atoms with Crippen LogP contribution in [0.4, 0.5) is 5.69 Å². The Hall–Kier alpha value is -1.39. The van der Waals surface area contributed by atoms with Crippen molar-refractivity contribution in [3.8, 4) is 0 Å². The van der Waals surface area contributed by atoms with Crippen LogP contribution in [0.25, 0.3) is 0 Å². The lowest BCUT2D eigenvalue weighted by Crippen LogP contribution is -2.57. The molecule has 2 bridgehead atoms. The molecule has 2 heterocycles. The number of benzene rings is 1. The van der Waals surface area contributed by atoms with Crippen molar-refractivity contribution in [2.75, 3.05) is 11.9 Å². The number of hydrogen-bond donors (Lipinski definition) is 2. The maximum absolute atomic E-state index is 5.54. The monoisotopic (exact) mass is 329 g/mol. The van der Waals surface area contributed by atoms with Gasteiger partial charge in [0.05, 0.1) is 0 Å². The molecule has 124 valence electrons. The Kier molecular flexibility index (Phi) is 5.34. The molecule has 4 heteroatoms. The minimum atomic E-state index is 0.482. The minimum absolute atomic E-state index is 0.482. The van der Waals surface area contributed by atoms with Gasteiger partial charge in [-0.15, -0.1) is 6.58 Å². The van der Waals surface area contributed by atoms with Crippen LogP contribution in [0.1, 0.15) is 37.7 Å². The van der Waals surface area contributed by atoms with Crippen LogP contribution in [0.15, 0.2) is 36.9 Å². The van der Waals surface area contributed by atoms with Crippen molar-refractivity contribution < 1.29 is 0 Å². The van der Waals surface area contributed by atoms with Gasteiger partial charge in [0, 0.05) is 30.4 Å². The number of hydrogen-bond acceptors (Lipinski definition) is 2. The van der Waals surface area contributed by atoms with E-state index in [1.807, 2.05) is 18.2 Å². The van der Waals surface area contributed by atoms with Crippen molar-refractivity contribution >= 4 is 23.0 Å². The van der Waals surface area contributed by atoms with E-state index < -0.39 is 0 Å². The van der Waals surface area contributed by atoms with Gasteiger partial charge in [-0.3, -0.25) is 4.90 Å². The zero-order valence-electron chi connectivity index (χ0n) is 13.9. The summed E-state index contributed by atoms with van der Waals surface area (Å²) >= 11 is 5.54. The van der Waals surface area contributed by atoms with Gasteiger partial charge >= 0.3 is 0 Å². The Bertz CT molecular complexity index is 557. The van der Waals surface area contributed by atoms with E-state index in [1.165, 1.54) is 37.7 Å². The van der Waals surface area contributed by atoms with E-state index in [9.17, 15) is 0 Å². The lowest BCUT2D eigenvalue weighted by Gasteiger charge is -2.48. The predicted octanol–water partition coefficient (Wildman–Crippen LogP) is 3.85. The predicted molar refractivity (Wildman–Crippen MR) is 102 cm³/mol. The quantitative estimate of drug-likeness (QED) is 0.648. The second kappa shape index (κ2) is 7.45. The number of para-hydroxylation sites is 1. The number of rotatable bonds is 4. The molecule has 0 amide bonds. The number of anilines is 1. The Morgan fingerprint density at radius 3 is 2.65 bits per heavy atom. The topological polar surface area (TPSA) is 27.3 Å². The average Bonchev–Trinajstić information content (AvgIpc) is 2.50. The van der Waals surface area contributed by atoms with Crippen LogP contribution < -0.4 is 10.6 Å². The van der Waals surface area contributed by atoms with Gasteiger partial charge in [0.25, 0.3) is 0 Å². The van der Waals surface area contributed by atoms with Gasteiger partial charge in [-0.2, -0.15) is 0 Å². The highest BCUT2D eigenvalue weighted by Crippen LogP contribution is 2.33. The fourth-order valence-corrected chi connectivity index (χ4v) is 4.38. The summed E-state index contributed by atoms with van der Waals surface area (Å²) in [6.45, 7) is 7.04. The second-order valence-electron chi connectivity index (χ2n) is 6.81. The third-order valence-corrected chi connectivity index (χ3v) is 5.41. The summed E-state index contributed by atoms with van der Waals surface area (Å²) < 4.78 is 0. The summed E-state index contributed by atoms with van der Waals surface area (Å²) in [6.07, 6.45) is 8.38. The van der Waals surface area contributed by atoms with Crippen LogP contribution in [-0.2, 0) is 0 Å².